The number of benzene rings is 1. The van der Waals surface area contributed by atoms with E-state index in [0.717, 1.165) is 0 Å². The fourth-order valence-electron chi connectivity index (χ4n) is 1.41. The fourth-order valence-corrected chi connectivity index (χ4v) is 1.49. The first-order valence-corrected chi connectivity index (χ1v) is 6.15. The van der Waals surface area contributed by atoms with E-state index < -0.39 is 11.7 Å². The highest BCUT2D eigenvalue weighted by Crippen LogP contribution is 2.21. The van der Waals surface area contributed by atoms with E-state index in [9.17, 15) is 9.18 Å². The van der Waals surface area contributed by atoms with Crippen molar-refractivity contribution in [3.05, 3.63) is 29.6 Å². The summed E-state index contributed by atoms with van der Waals surface area (Å²) in [5.41, 5.74) is -0.0902. The lowest BCUT2D eigenvalue weighted by atomic mass is 10.1. The van der Waals surface area contributed by atoms with Crippen molar-refractivity contribution < 1.29 is 13.9 Å². The van der Waals surface area contributed by atoms with Crippen LogP contribution in [-0.4, -0.2) is 24.9 Å². The molecular weight excluding hydrogens is 257 g/mol. The smallest absolute Gasteiger partial charge is 0.258 e. The minimum absolute atomic E-state index is 0.0902. The maximum absolute atomic E-state index is 13.6. The molecule has 0 saturated heterocycles. The van der Waals surface area contributed by atoms with Gasteiger partial charge in [0, 0.05) is 6.54 Å². The third-order valence-electron chi connectivity index (χ3n) is 2.60. The van der Waals surface area contributed by atoms with E-state index in [2.05, 4.69) is 5.32 Å². The van der Waals surface area contributed by atoms with Crippen molar-refractivity contribution in [2.45, 2.75) is 19.2 Å². The first-order chi connectivity index (χ1) is 8.47. The SMILES string of the molecule is COc1cccc(F)c1C(=O)NCC(Cl)C(C)C. The first-order valence-electron chi connectivity index (χ1n) is 5.72. The zero-order valence-corrected chi connectivity index (χ0v) is 11.4. The quantitative estimate of drug-likeness (QED) is 0.838. The molecule has 1 aromatic rings. The van der Waals surface area contributed by atoms with Gasteiger partial charge in [0.25, 0.3) is 5.91 Å². The van der Waals surface area contributed by atoms with Gasteiger partial charge in [-0.05, 0) is 18.1 Å². The number of rotatable bonds is 5. The molecule has 0 bridgehead atoms. The third kappa shape index (κ3) is 3.60. The summed E-state index contributed by atoms with van der Waals surface area (Å²) in [6, 6.07) is 4.25. The number of carbonyl (C=O) groups is 1. The zero-order chi connectivity index (χ0) is 13.7. The van der Waals surface area contributed by atoms with Crippen molar-refractivity contribution in [1.82, 2.24) is 5.32 Å². The third-order valence-corrected chi connectivity index (χ3v) is 3.26. The summed E-state index contributed by atoms with van der Waals surface area (Å²) in [7, 11) is 1.39. The number of ether oxygens (including phenoxy) is 1. The molecule has 1 amide bonds. The largest absolute Gasteiger partial charge is 0.496 e. The highest BCUT2D eigenvalue weighted by molar-refractivity contribution is 6.21. The van der Waals surface area contributed by atoms with Crippen LogP contribution in [0.15, 0.2) is 18.2 Å². The molecule has 1 N–H and O–H groups in total. The second kappa shape index (κ2) is 6.59. The molecule has 0 aliphatic carbocycles. The normalized spacial score (nSPS) is 12.3. The number of hydrogen-bond donors (Lipinski definition) is 1. The molecule has 0 aliphatic heterocycles. The monoisotopic (exact) mass is 273 g/mol. The Morgan fingerprint density at radius 3 is 2.72 bits per heavy atom. The van der Waals surface area contributed by atoms with Gasteiger partial charge in [0.1, 0.15) is 17.1 Å². The molecule has 5 heteroatoms. The molecule has 0 radical (unpaired) electrons. The Morgan fingerprint density at radius 2 is 2.17 bits per heavy atom. The van der Waals surface area contributed by atoms with Crippen molar-refractivity contribution in [2.75, 3.05) is 13.7 Å². The lowest BCUT2D eigenvalue weighted by Crippen LogP contribution is -2.32. The molecule has 0 heterocycles. The van der Waals surface area contributed by atoms with Crippen molar-refractivity contribution in [3.63, 3.8) is 0 Å². The number of alkyl halides is 1. The second-order valence-electron chi connectivity index (χ2n) is 4.29. The minimum Gasteiger partial charge on any atom is -0.496 e. The molecule has 0 spiro atoms. The number of hydrogen-bond acceptors (Lipinski definition) is 2. The molecule has 3 nitrogen and oxygen atoms in total. The number of nitrogens with one attached hydrogen (secondary N) is 1. The number of halogens is 2. The van der Waals surface area contributed by atoms with Gasteiger partial charge in [-0.15, -0.1) is 11.6 Å². The van der Waals surface area contributed by atoms with Gasteiger partial charge in [0.15, 0.2) is 0 Å². The van der Waals surface area contributed by atoms with Gasteiger partial charge in [0.05, 0.1) is 12.5 Å². The van der Waals surface area contributed by atoms with Gasteiger partial charge >= 0.3 is 0 Å². The summed E-state index contributed by atoms with van der Waals surface area (Å²) in [5, 5.41) is 2.42. The van der Waals surface area contributed by atoms with Gasteiger partial charge in [-0.25, -0.2) is 4.39 Å². The summed E-state index contributed by atoms with van der Waals surface area (Å²) in [5.74, 6) is -0.684. The van der Waals surface area contributed by atoms with Crippen molar-refractivity contribution in [1.29, 1.82) is 0 Å². The number of amides is 1. The molecule has 1 aromatic carbocycles. The van der Waals surface area contributed by atoms with Crippen LogP contribution in [0.2, 0.25) is 0 Å². The van der Waals surface area contributed by atoms with E-state index in [1.54, 1.807) is 6.07 Å². The Morgan fingerprint density at radius 1 is 1.50 bits per heavy atom. The molecule has 0 saturated carbocycles. The molecule has 1 rings (SSSR count). The Balaban J connectivity index is 2.78. The number of methoxy groups -OCH3 is 1. The predicted octanol–water partition coefficient (Wildman–Crippen LogP) is 2.83. The van der Waals surface area contributed by atoms with Gasteiger partial charge in [-0.1, -0.05) is 19.9 Å². The van der Waals surface area contributed by atoms with Crippen molar-refractivity contribution >= 4 is 17.5 Å². The maximum Gasteiger partial charge on any atom is 0.258 e. The molecule has 100 valence electrons. The van der Waals surface area contributed by atoms with Crippen LogP contribution in [0.4, 0.5) is 4.39 Å². The standard InChI is InChI=1S/C13H17ClFNO2/c1-8(2)9(14)7-16-13(17)12-10(15)5-4-6-11(12)18-3/h4-6,8-9H,7H2,1-3H3,(H,16,17). The van der Waals surface area contributed by atoms with E-state index in [4.69, 9.17) is 16.3 Å². The summed E-state index contributed by atoms with van der Waals surface area (Å²) in [6.45, 7) is 4.19. The van der Waals surface area contributed by atoms with Crippen LogP contribution in [0.25, 0.3) is 0 Å². The fraction of sp³-hybridized carbons (Fsp3) is 0.462. The van der Waals surface area contributed by atoms with Crippen LogP contribution in [0.5, 0.6) is 5.75 Å². The van der Waals surface area contributed by atoms with E-state index in [-0.39, 0.29) is 29.2 Å². The first kappa shape index (κ1) is 14.8. The van der Waals surface area contributed by atoms with Crippen LogP contribution in [0.3, 0.4) is 0 Å². The highest BCUT2D eigenvalue weighted by atomic mass is 35.5. The summed E-state index contributed by atoms with van der Waals surface area (Å²) in [4.78, 5) is 11.9. The second-order valence-corrected chi connectivity index (χ2v) is 4.85. The van der Waals surface area contributed by atoms with Crippen LogP contribution in [-0.2, 0) is 0 Å². The van der Waals surface area contributed by atoms with Gasteiger partial charge < -0.3 is 10.1 Å². The van der Waals surface area contributed by atoms with E-state index in [1.807, 2.05) is 13.8 Å². The summed E-state index contributed by atoms with van der Waals surface area (Å²) < 4.78 is 18.6. The average Bonchev–Trinajstić information content (AvgIpc) is 2.34. The van der Waals surface area contributed by atoms with E-state index in [1.165, 1.54) is 19.2 Å². The maximum atomic E-state index is 13.6. The molecule has 0 aromatic heterocycles. The lowest BCUT2D eigenvalue weighted by Gasteiger charge is -2.15. The Labute approximate surface area is 111 Å². The van der Waals surface area contributed by atoms with Crippen LogP contribution < -0.4 is 10.1 Å². The molecule has 0 aliphatic rings. The van der Waals surface area contributed by atoms with E-state index in [0.29, 0.717) is 0 Å². The van der Waals surface area contributed by atoms with Gasteiger partial charge in [-0.3, -0.25) is 4.79 Å². The lowest BCUT2D eigenvalue weighted by molar-refractivity contribution is 0.0945. The predicted molar refractivity (Wildman–Crippen MR) is 69.8 cm³/mol. The molecule has 1 unspecified atom stereocenters. The summed E-state index contributed by atoms with van der Waals surface area (Å²) in [6.07, 6.45) is 0. The summed E-state index contributed by atoms with van der Waals surface area (Å²) >= 11 is 6.02. The van der Waals surface area contributed by atoms with Crippen LogP contribution in [0, 0.1) is 11.7 Å². The highest BCUT2D eigenvalue weighted by Gasteiger charge is 2.18. The Kier molecular flexibility index (Phi) is 5.41. The van der Waals surface area contributed by atoms with Gasteiger partial charge in [0.2, 0.25) is 0 Å². The molecule has 1 atom stereocenters. The minimum atomic E-state index is -0.609. The Hall–Kier alpha value is -1.29. The Bertz CT molecular complexity index is 423. The van der Waals surface area contributed by atoms with Crippen LogP contribution in [0.1, 0.15) is 24.2 Å². The van der Waals surface area contributed by atoms with Crippen molar-refractivity contribution in [3.8, 4) is 5.75 Å². The van der Waals surface area contributed by atoms with Gasteiger partial charge in [-0.2, -0.15) is 0 Å². The zero-order valence-electron chi connectivity index (χ0n) is 10.7. The molecular formula is C13H17ClFNO2. The van der Waals surface area contributed by atoms with E-state index >= 15 is 0 Å². The topological polar surface area (TPSA) is 38.3 Å². The molecule has 0 fully saturated rings. The number of carbonyl (C=O) groups excluding carboxylic acids is 1. The van der Waals surface area contributed by atoms with Crippen molar-refractivity contribution in [2.24, 2.45) is 5.92 Å². The average molecular weight is 274 g/mol. The molecule has 18 heavy (non-hydrogen) atoms. The van der Waals surface area contributed by atoms with Crippen LogP contribution >= 0.6 is 11.6 Å².